The van der Waals surface area contributed by atoms with Crippen LogP contribution in [-0.4, -0.2) is 29.1 Å². The molecule has 1 saturated heterocycles. The molecule has 1 aliphatic heterocycles. The summed E-state index contributed by atoms with van der Waals surface area (Å²) in [6.07, 6.45) is 0. The Morgan fingerprint density at radius 1 is 1.14 bits per heavy atom. The van der Waals surface area contributed by atoms with Crippen molar-refractivity contribution in [2.24, 2.45) is 0 Å². The first-order valence-corrected chi connectivity index (χ1v) is 8.84. The van der Waals surface area contributed by atoms with E-state index >= 15 is 0 Å². The lowest BCUT2D eigenvalue weighted by Gasteiger charge is -2.32. The maximum absolute atomic E-state index is 12.8. The molecule has 0 aliphatic carbocycles. The van der Waals surface area contributed by atoms with E-state index < -0.39 is 29.0 Å². The van der Waals surface area contributed by atoms with Crippen molar-refractivity contribution in [2.45, 2.75) is 36.9 Å². The molecule has 7 heteroatoms. The fourth-order valence-electron chi connectivity index (χ4n) is 4.37. The van der Waals surface area contributed by atoms with Crippen LogP contribution in [0.2, 0.25) is 0 Å². The molecule has 1 N–H and O–H groups in total. The summed E-state index contributed by atoms with van der Waals surface area (Å²) in [6.45, 7) is 3.19. The number of ether oxygens (including phenoxy) is 1. The number of benzene rings is 2. The van der Waals surface area contributed by atoms with Crippen LogP contribution in [0.1, 0.15) is 42.5 Å². The van der Waals surface area contributed by atoms with Crippen molar-refractivity contribution in [2.75, 3.05) is 7.11 Å². The number of nitro groups is 1. The summed E-state index contributed by atoms with van der Waals surface area (Å²) in [5.74, 6) is -1.34. The van der Waals surface area contributed by atoms with E-state index in [-0.39, 0.29) is 4.92 Å². The van der Waals surface area contributed by atoms with Crippen LogP contribution in [0.25, 0.3) is 0 Å². The van der Waals surface area contributed by atoms with E-state index in [9.17, 15) is 14.9 Å². The van der Waals surface area contributed by atoms with E-state index in [0.29, 0.717) is 16.7 Å². The normalized spacial score (nSPS) is 29.1. The number of carbonyl (C=O) groups is 1. The molecule has 7 nitrogen and oxygen atoms in total. The number of carbonyl (C=O) groups excluding carboxylic acids is 1. The van der Waals surface area contributed by atoms with Crippen molar-refractivity contribution in [3.63, 3.8) is 0 Å². The summed E-state index contributed by atoms with van der Waals surface area (Å²) >= 11 is 0. The quantitative estimate of drug-likeness (QED) is 0.497. The van der Waals surface area contributed by atoms with Gasteiger partial charge in [-0.15, -0.1) is 0 Å². The Bertz CT molecular complexity index is 938. The van der Waals surface area contributed by atoms with Gasteiger partial charge in [-0.1, -0.05) is 42.5 Å². The number of esters is 1. The zero-order valence-corrected chi connectivity index (χ0v) is 15.9. The van der Waals surface area contributed by atoms with Crippen molar-refractivity contribution >= 4 is 5.97 Å². The lowest BCUT2D eigenvalue weighted by Crippen LogP contribution is -2.51. The van der Waals surface area contributed by atoms with E-state index in [1.165, 1.54) is 7.11 Å². The van der Waals surface area contributed by atoms with Crippen LogP contribution in [0.3, 0.4) is 0 Å². The summed E-state index contributed by atoms with van der Waals surface area (Å²) in [5, 5.41) is 24.6. The largest absolute Gasteiger partial charge is 0.468 e. The molecule has 28 heavy (non-hydrogen) atoms. The molecule has 0 aromatic heterocycles. The van der Waals surface area contributed by atoms with Crippen molar-refractivity contribution in [3.05, 3.63) is 81.4 Å². The smallest absolute Gasteiger partial charge is 0.326 e. The molecular weight excluding hydrogens is 358 g/mol. The topological polar surface area (TPSA) is 105 Å². The van der Waals surface area contributed by atoms with Gasteiger partial charge in [0.15, 0.2) is 0 Å². The Morgan fingerprint density at radius 3 is 2.25 bits per heavy atom. The molecule has 0 radical (unpaired) electrons. The first-order valence-electron chi connectivity index (χ1n) is 8.84. The van der Waals surface area contributed by atoms with E-state index in [0.717, 1.165) is 0 Å². The van der Waals surface area contributed by atoms with Gasteiger partial charge < -0.3 is 4.74 Å². The average Bonchev–Trinajstić information content (AvgIpc) is 2.97. The van der Waals surface area contributed by atoms with Gasteiger partial charge in [0.1, 0.15) is 11.6 Å². The third-order valence-electron chi connectivity index (χ3n) is 5.70. The molecule has 1 aliphatic rings. The highest BCUT2D eigenvalue weighted by atomic mass is 16.6. The van der Waals surface area contributed by atoms with Gasteiger partial charge in [-0.05, 0) is 30.2 Å². The van der Waals surface area contributed by atoms with Crippen molar-refractivity contribution < 1.29 is 14.5 Å². The van der Waals surface area contributed by atoms with Crippen LogP contribution in [0.4, 0.5) is 0 Å². The number of nitriles is 1. The lowest BCUT2D eigenvalue weighted by molar-refractivity contribution is -0.571. The van der Waals surface area contributed by atoms with E-state index in [1.807, 2.05) is 12.1 Å². The first kappa shape index (κ1) is 19.5. The number of rotatable bonds is 4. The van der Waals surface area contributed by atoms with Gasteiger partial charge in [-0.25, -0.2) is 0 Å². The Kier molecular flexibility index (Phi) is 4.92. The van der Waals surface area contributed by atoms with Gasteiger partial charge >= 0.3 is 5.97 Å². The van der Waals surface area contributed by atoms with Crippen molar-refractivity contribution in [1.82, 2.24) is 5.32 Å². The molecule has 0 unspecified atom stereocenters. The highest BCUT2D eigenvalue weighted by Gasteiger charge is 2.69. The summed E-state index contributed by atoms with van der Waals surface area (Å²) in [6, 6.07) is 16.9. The summed E-state index contributed by atoms with van der Waals surface area (Å²) in [7, 11) is 1.27. The zero-order valence-electron chi connectivity index (χ0n) is 15.9. The predicted octanol–water partition coefficient (Wildman–Crippen LogP) is 2.95. The van der Waals surface area contributed by atoms with E-state index in [4.69, 9.17) is 10.00 Å². The minimum atomic E-state index is -1.53. The Labute approximate surface area is 163 Å². The standard InChI is InChI=1S/C21H21N3O4/c1-20(19(25)28-3)17(15-7-5-4-6-8-15)21(2,24(26)27)18(23-20)16-11-9-14(13-22)10-12-16/h4-12,17-18,23H,1-3H3/t17-,18+,20+,21+/m1/s1. The van der Waals surface area contributed by atoms with Crippen LogP contribution in [0.15, 0.2) is 54.6 Å². The third-order valence-corrected chi connectivity index (χ3v) is 5.70. The van der Waals surface area contributed by atoms with Crippen LogP contribution < -0.4 is 5.32 Å². The summed E-state index contributed by atoms with van der Waals surface area (Å²) < 4.78 is 5.02. The van der Waals surface area contributed by atoms with Crippen LogP contribution >= 0.6 is 0 Å². The van der Waals surface area contributed by atoms with Gasteiger partial charge in [-0.2, -0.15) is 5.26 Å². The van der Waals surface area contributed by atoms with Crippen molar-refractivity contribution in [3.8, 4) is 6.07 Å². The SMILES string of the molecule is COC(=O)[C@@]1(C)N[C@@H](c2ccc(C#N)cc2)[C@@](C)([N+](=O)[O-])[C@@H]1c1ccccc1. The van der Waals surface area contributed by atoms with Crippen LogP contribution in [-0.2, 0) is 9.53 Å². The highest BCUT2D eigenvalue weighted by molar-refractivity contribution is 5.83. The highest BCUT2D eigenvalue weighted by Crippen LogP contribution is 2.53. The second-order valence-corrected chi connectivity index (χ2v) is 7.33. The minimum absolute atomic E-state index is 0.325. The first-order chi connectivity index (χ1) is 13.3. The molecule has 1 fully saturated rings. The van der Waals surface area contributed by atoms with Gasteiger partial charge in [-0.3, -0.25) is 20.2 Å². The number of hydrogen-bond donors (Lipinski definition) is 1. The fraction of sp³-hybridized carbons (Fsp3) is 0.333. The van der Waals surface area contributed by atoms with Gasteiger partial charge in [0.25, 0.3) is 0 Å². The number of hydrogen-bond acceptors (Lipinski definition) is 6. The van der Waals surface area contributed by atoms with Crippen molar-refractivity contribution in [1.29, 1.82) is 5.26 Å². The summed E-state index contributed by atoms with van der Waals surface area (Å²) in [4.78, 5) is 24.8. The minimum Gasteiger partial charge on any atom is -0.468 e. The van der Waals surface area contributed by atoms with Gasteiger partial charge in [0.05, 0.1) is 24.7 Å². The Hall–Kier alpha value is -3.24. The monoisotopic (exact) mass is 379 g/mol. The second-order valence-electron chi connectivity index (χ2n) is 7.33. The summed E-state index contributed by atoms with van der Waals surface area (Å²) in [5.41, 5.74) is -1.07. The van der Waals surface area contributed by atoms with E-state index in [1.54, 1.807) is 62.4 Å². The molecular formula is C21H21N3O4. The Morgan fingerprint density at radius 2 is 1.75 bits per heavy atom. The molecule has 0 saturated carbocycles. The van der Waals surface area contributed by atoms with Crippen LogP contribution in [0, 0.1) is 21.4 Å². The van der Waals surface area contributed by atoms with Crippen LogP contribution in [0.5, 0.6) is 0 Å². The maximum Gasteiger partial charge on any atom is 0.326 e. The Balaban J connectivity index is 2.23. The molecule has 0 bridgehead atoms. The molecule has 2 aromatic rings. The predicted molar refractivity (Wildman–Crippen MR) is 102 cm³/mol. The molecule has 4 atom stereocenters. The van der Waals surface area contributed by atoms with E-state index in [2.05, 4.69) is 5.32 Å². The fourth-order valence-corrected chi connectivity index (χ4v) is 4.37. The number of methoxy groups -OCH3 is 1. The molecule has 3 rings (SSSR count). The zero-order chi connectivity index (χ0) is 20.5. The third kappa shape index (κ3) is 2.83. The number of nitrogens with one attached hydrogen (secondary N) is 1. The van der Waals surface area contributed by atoms with Gasteiger partial charge in [0, 0.05) is 11.8 Å². The molecule has 144 valence electrons. The molecule has 0 amide bonds. The molecule has 1 heterocycles. The van der Waals surface area contributed by atoms with Gasteiger partial charge in [0.2, 0.25) is 5.54 Å². The molecule has 2 aromatic carbocycles. The second kappa shape index (κ2) is 7.06. The maximum atomic E-state index is 12.8. The number of nitrogens with zero attached hydrogens (tertiary/aromatic N) is 2. The lowest BCUT2D eigenvalue weighted by atomic mass is 9.70. The average molecular weight is 379 g/mol. The molecule has 0 spiro atoms.